The lowest BCUT2D eigenvalue weighted by Crippen LogP contribution is -2.13. The maximum absolute atomic E-state index is 12.5. The summed E-state index contributed by atoms with van der Waals surface area (Å²) in [6.45, 7) is 5.80. The van der Waals surface area contributed by atoms with Crippen LogP contribution in [-0.4, -0.2) is 15.9 Å². The maximum atomic E-state index is 12.5. The second kappa shape index (κ2) is 6.08. The van der Waals surface area contributed by atoms with Gasteiger partial charge < -0.3 is 5.32 Å². The van der Waals surface area contributed by atoms with Crippen LogP contribution in [0.2, 0.25) is 0 Å². The summed E-state index contributed by atoms with van der Waals surface area (Å²) in [6, 6.07) is 11.2. The summed E-state index contributed by atoms with van der Waals surface area (Å²) < 4.78 is 0.925. The van der Waals surface area contributed by atoms with Crippen molar-refractivity contribution in [1.82, 2.24) is 9.97 Å². The highest BCUT2D eigenvalue weighted by molar-refractivity contribution is 9.10. The Morgan fingerprint density at radius 3 is 2.39 bits per heavy atom. The minimum Gasteiger partial charge on any atom is -0.322 e. The van der Waals surface area contributed by atoms with Crippen molar-refractivity contribution in [3.05, 3.63) is 63.4 Å². The molecule has 0 atom stereocenters. The van der Waals surface area contributed by atoms with E-state index in [9.17, 15) is 4.79 Å². The SMILES string of the molecule is Cc1ccc(Br)cc1NC(=O)c1ccc2nc(C)c(C)nc2c1. The number of aryl methyl sites for hydroxylation is 3. The molecule has 3 rings (SSSR count). The van der Waals surface area contributed by atoms with E-state index < -0.39 is 0 Å². The number of nitrogens with one attached hydrogen (secondary N) is 1. The van der Waals surface area contributed by atoms with Crippen molar-refractivity contribution in [3.63, 3.8) is 0 Å². The lowest BCUT2D eigenvalue weighted by molar-refractivity contribution is 0.102. The second-order valence-corrected chi connectivity index (χ2v) is 6.43. The molecule has 116 valence electrons. The van der Waals surface area contributed by atoms with Gasteiger partial charge in [0.1, 0.15) is 0 Å². The zero-order valence-corrected chi connectivity index (χ0v) is 14.7. The van der Waals surface area contributed by atoms with Crippen molar-refractivity contribution in [2.24, 2.45) is 0 Å². The average molecular weight is 370 g/mol. The van der Waals surface area contributed by atoms with E-state index in [1.807, 2.05) is 45.0 Å². The third kappa shape index (κ3) is 3.24. The van der Waals surface area contributed by atoms with Crippen molar-refractivity contribution in [2.45, 2.75) is 20.8 Å². The minimum atomic E-state index is -0.159. The van der Waals surface area contributed by atoms with Gasteiger partial charge in [-0.25, -0.2) is 9.97 Å². The zero-order valence-electron chi connectivity index (χ0n) is 13.1. The van der Waals surface area contributed by atoms with Crippen LogP contribution < -0.4 is 5.32 Å². The number of nitrogens with zero attached hydrogens (tertiary/aromatic N) is 2. The van der Waals surface area contributed by atoms with E-state index in [0.29, 0.717) is 5.56 Å². The lowest BCUT2D eigenvalue weighted by Gasteiger charge is -2.10. The molecule has 1 aromatic heterocycles. The maximum Gasteiger partial charge on any atom is 0.255 e. The minimum absolute atomic E-state index is 0.159. The van der Waals surface area contributed by atoms with Gasteiger partial charge in [0.25, 0.3) is 5.91 Å². The summed E-state index contributed by atoms with van der Waals surface area (Å²) in [7, 11) is 0. The highest BCUT2D eigenvalue weighted by Gasteiger charge is 2.10. The summed E-state index contributed by atoms with van der Waals surface area (Å²) in [5, 5.41) is 2.94. The van der Waals surface area contributed by atoms with Gasteiger partial charge in [0.15, 0.2) is 0 Å². The molecule has 1 amide bonds. The third-order valence-corrected chi connectivity index (χ3v) is 4.28. The molecule has 4 nitrogen and oxygen atoms in total. The summed E-state index contributed by atoms with van der Waals surface area (Å²) in [4.78, 5) is 21.5. The molecule has 0 bridgehead atoms. The predicted octanol–water partition coefficient (Wildman–Crippen LogP) is 4.57. The number of halogens is 1. The first-order chi connectivity index (χ1) is 10.9. The van der Waals surface area contributed by atoms with Crippen molar-refractivity contribution >= 4 is 38.6 Å². The fourth-order valence-corrected chi connectivity index (χ4v) is 2.66. The predicted molar refractivity (Wildman–Crippen MR) is 95.8 cm³/mol. The monoisotopic (exact) mass is 369 g/mol. The molecular formula is C18H16BrN3O. The number of aromatic nitrogens is 2. The fraction of sp³-hybridized carbons (Fsp3) is 0.167. The Balaban J connectivity index is 1.94. The largest absolute Gasteiger partial charge is 0.322 e. The smallest absolute Gasteiger partial charge is 0.255 e. The Labute approximate surface area is 143 Å². The Kier molecular flexibility index (Phi) is 4.13. The van der Waals surface area contributed by atoms with Gasteiger partial charge in [-0.05, 0) is 56.7 Å². The van der Waals surface area contributed by atoms with E-state index >= 15 is 0 Å². The van der Waals surface area contributed by atoms with Gasteiger partial charge >= 0.3 is 0 Å². The molecule has 0 spiro atoms. The molecule has 0 aliphatic heterocycles. The first kappa shape index (κ1) is 15.6. The first-order valence-corrected chi connectivity index (χ1v) is 8.06. The van der Waals surface area contributed by atoms with Crippen LogP contribution in [0.4, 0.5) is 5.69 Å². The van der Waals surface area contributed by atoms with E-state index in [1.165, 1.54) is 0 Å². The summed E-state index contributed by atoms with van der Waals surface area (Å²) in [5.41, 5.74) is 5.66. The van der Waals surface area contributed by atoms with Gasteiger partial charge in [-0.15, -0.1) is 0 Å². The van der Waals surface area contributed by atoms with E-state index in [0.717, 1.165) is 38.1 Å². The van der Waals surface area contributed by atoms with E-state index in [2.05, 4.69) is 31.2 Å². The van der Waals surface area contributed by atoms with Gasteiger partial charge in [-0.1, -0.05) is 22.0 Å². The van der Waals surface area contributed by atoms with Gasteiger partial charge in [-0.3, -0.25) is 4.79 Å². The molecule has 0 saturated heterocycles. The van der Waals surface area contributed by atoms with Crippen LogP contribution in [0.1, 0.15) is 27.3 Å². The highest BCUT2D eigenvalue weighted by Crippen LogP contribution is 2.22. The van der Waals surface area contributed by atoms with Crippen molar-refractivity contribution in [1.29, 1.82) is 0 Å². The van der Waals surface area contributed by atoms with Crippen LogP contribution in [0.3, 0.4) is 0 Å². The molecule has 5 heteroatoms. The molecule has 0 aliphatic rings. The molecule has 1 heterocycles. The normalized spacial score (nSPS) is 10.8. The molecule has 0 radical (unpaired) electrons. The quantitative estimate of drug-likeness (QED) is 0.719. The van der Waals surface area contributed by atoms with Crippen LogP contribution in [0, 0.1) is 20.8 Å². The summed E-state index contributed by atoms with van der Waals surface area (Å²) in [5.74, 6) is -0.159. The van der Waals surface area contributed by atoms with Crippen LogP contribution in [0.25, 0.3) is 11.0 Å². The van der Waals surface area contributed by atoms with Crippen LogP contribution >= 0.6 is 15.9 Å². The first-order valence-electron chi connectivity index (χ1n) is 7.26. The third-order valence-electron chi connectivity index (χ3n) is 3.79. The summed E-state index contributed by atoms with van der Waals surface area (Å²) >= 11 is 3.42. The van der Waals surface area contributed by atoms with Crippen molar-refractivity contribution in [2.75, 3.05) is 5.32 Å². The van der Waals surface area contributed by atoms with Crippen LogP contribution in [0.15, 0.2) is 40.9 Å². The number of hydrogen-bond donors (Lipinski definition) is 1. The highest BCUT2D eigenvalue weighted by atomic mass is 79.9. The molecule has 0 fully saturated rings. The van der Waals surface area contributed by atoms with E-state index in [4.69, 9.17) is 0 Å². The fourth-order valence-electron chi connectivity index (χ4n) is 2.30. The average Bonchev–Trinajstić information content (AvgIpc) is 2.51. The molecular weight excluding hydrogens is 354 g/mol. The number of hydrogen-bond acceptors (Lipinski definition) is 3. The molecule has 3 aromatic rings. The molecule has 23 heavy (non-hydrogen) atoms. The van der Waals surface area contributed by atoms with E-state index in [-0.39, 0.29) is 5.91 Å². The van der Waals surface area contributed by atoms with Crippen molar-refractivity contribution in [3.8, 4) is 0 Å². The van der Waals surface area contributed by atoms with Gasteiger partial charge in [0, 0.05) is 15.7 Å². The van der Waals surface area contributed by atoms with Crippen LogP contribution in [-0.2, 0) is 0 Å². The molecule has 0 unspecified atom stereocenters. The second-order valence-electron chi connectivity index (χ2n) is 5.51. The number of carbonyl (C=O) groups excluding carboxylic acids is 1. The Morgan fingerprint density at radius 2 is 1.65 bits per heavy atom. The molecule has 0 saturated carbocycles. The Morgan fingerprint density at radius 1 is 0.957 bits per heavy atom. The number of rotatable bonds is 2. The van der Waals surface area contributed by atoms with Gasteiger partial charge in [0.2, 0.25) is 0 Å². The van der Waals surface area contributed by atoms with Gasteiger partial charge in [-0.2, -0.15) is 0 Å². The lowest BCUT2D eigenvalue weighted by atomic mass is 10.1. The molecule has 0 aliphatic carbocycles. The number of amides is 1. The van der Waals surface area contributed by atoms with Crippen LogP contribution in [0.5, 0.6) is 0 Å². The molecule has 1 N–H and O–H groups in total. The van der Waals surface area contributed by atoms with E-state index in [1.54, 1.807) is 12.1 Å². The standard InChI is InChI=1S/C18H16BrN3O/c1-10-4-6-14(19)9-16(10)22-18(23)13-5-7-15-17(8-13)21-12(3)11(2)20-15/h4-9H,1-3H3,(H,22,23). The Bertz CT molecular complexity index is 922. The number of anilines is 1. The number of fused-ring (bicyclic) bond motifs is 1. The topological polar surface area (TPSA) is 54.9 Å². The molecule has 2 aromatic carbocycles. The number of carbonyl (C=O) groups is 1. The zero-order chi connectivity index (χ0) is 16.6. The van der Waals surface area contributed by atoms with Gasteiger partial charge in [0.05, 0.1) is 22.4 Å². The van der Waals surface area contributed by atoms with Crippen molar-refractivity contribution < 1.29 is 4.79 Å². The summed E-state index contributed by atoms with van der Waals surface area (Å²) in [6.07, 6.45) is 0. The number of benzene rings is 2. The Hall–Kier alpha value is -2.27.